The molecule has 1 N–H and O–H groups in total. The highest BCUT2D eigenvalue weighted by Gasteiger charge is 2.29. The average molecular weight is 421 g/mol. The third-order valence-electron chi connectivity index (χ3n) is 6.50. The van der Waals surface area contributed by atoms with Gasteiger partial charge >= 0.3 is 6.03 Å². The van der Waals surface area contributed by atoms with E-state index in [1.54, 1.807) is 0 Å². The van der Waals surface area contributed by atoms with E-state index in [0.717, 1.165) is 37.4 Å². The Bertz CT molecular complexity index is 915. The minimum absolute atomic E-state index is 0.0501. The van der Waals surface area contributed by atoms with Crippen LogP contribution in [0.2, 0.25) is 0 Å². The Morgan fingerprint density at radius 3 is 2.32 bits per heavy atom. The first kappa shape index (κ1) is 21.2. The van der Waals surface area contributed by atoms with Crippen molar-refractivity contribution in [1.29, 1.82) is 0 Å². The molecule has 0 bridgehead atoms. The summed E-state index contributed by atoms with van der Waals surface area (Å²) in [5, 5.41) is 3.07. The molecule has 164 valence electrons. The van der Waals surface area contributed by atoms with Gasteiger partial charge in [0.2, 0.25) is 5.91 Å². The molecule has 0 unspecified atom stereocenters. The Morgan fingerprint density at radius 1 is 0.968 bits per heavy atom. The van der Waals surface area contributed by atoms with Gasteiger partial charge in [0.25, 0.3) is 0 Å². The topological polar surface area (TPSA) is 55.9 Å². The molecule has 6 nitrogen and oxygen atoms in total. The maximum atomic E-state index is 12.8. The number of rotatable bonds is 5. The lowest BCUT2D eigenvalue weighted by Crippen LogP contribution is -2.47. The molecule has 2 aliphatic rings. The summed E-state index contributed by atoms with van der Waals surface area (Å²) >= 11 is 0. The van der Waals surface area contributed by atoms with E-state index in [-0.39, 0.29) is 17.9 Å². The summed E-state index contributed by atoms with van der Waals surface area (Å²) < 4.78 is 0. The Morgan fingerprint density at radius 2 is 1.65 bits per heavy atom. The third-order valence-corrected chi connectivity index (χ3v) is 6.50. The van der Waals surface area contributed by atoms with Crippen molar-refractivity contribution in [2.75, 3.05) is 42.9 Å². The first-order valence-electron chi connectivity index (χ1n) is 11.4. The lowest BCUT2D eigenvalue weighted by Gasteiger charge is -2.34. The van der Waals surface area contributed by atoms with E-state index < -0.39 is 0 Å². The lowest BCUT2D eigenvalue weighted by atomic mass is 9.96. The predicted octanol–water partition coefficient (Wildman–Crippen LogP) is 4.49. The molecule has 3 amide bonds. The quantitative estimate of drug-likeness (QED) is 0.775. The van der Waals surface area contributed by atoms with E-state index in [1.807, 2.05) is 35.8 Å². The van der Waals surface area contributed by atoms with Gasteiger partial charge in [-0.05, 0) is 69.0 Å². The zero-order valence-electron chi connectivity index (χ0n) is 18.5. The number of likely N-dealkylation sites (tertiary alicyclic amines) is 1. The summed E-state index contributed by atoms with van der Waals surface area (Å²) in [4.78, 5) is 31.3. The van der Waals surface area contributed by atoms with Crippen molar-refractivity contribution in [2.24, 2.45) is 5.92 Å². The highest BCUT2D eigenvalue weighted by Crippen LogP contribution is 2.34. The standard InChI is InChI=1S/C25H32N4O2/c1-3-27(4-2)25(31)28-16-13-20(14-17-28)24(30)26-21-9-11-22(12-10-21)29-18-15-19-7-5-6-8-23(19)29/h5-12,20H,3-4,13-18H2,1-2H3,(H,26,30). The van der Waals surface area contributed by atoms with Crippen molar-refractivity contribution >= 4 is 29.0 Å². The number of anilines is 3. The van der Waals surface area contributed by atoms with E-state index in [1.165, 1.54) is 11.3 Å². The fraction of sp³-hybridized carbons (Fsp3) is 0.440. The van der Waals surface area contributed by atoms with Crippen LogP contribution in [-0.4, -0.2) is 54.5 Å². The van der Waals surface area contributed by atoms with E-state index >= 15 is 0 Å². The number of hydrogen-bond donors (Lipinski definition) is 1. The number of fused-ring (bicyclic) bond motifs is 1. The Balaban J connectivity index is 1.31. The second-order valence-corrected chi connectivity index (χ2v) is 8.28. The molecular weight excluding hydrogens is 388 g/mol. The minimum Gasteiger partial charge on any atom is -0.341 e. The fourth-order valence-electron chi connectivity index (χ4n) is 4.60. The Hall–Kier alpha value is -3.02. The monoisotopic (exact) mass is 420 g/mol. The van der Waals surface area contributed by atoms with Gasteiger partial charge in [0.1, 0.15) is 0 Å². The van der Waals surface area contributed by atoms with Crippen LogP contribution in [0.4, 0.5) is 21.9 Å². The molecule has 0 aliphatic carbocycles. The van der Waals surface area contributed by atoms with Crippen LogP contribution in [0.1, 0.15) is 32.3 Å². The van der Waals surface area contributed by atoms with Gasteiger partial charge in [-0.1, -0.05) is 18.2 Å². The molecule has 2 aliphatic heterocycles. The molecule has 0 saturated carbocycles. The van der Waals surface area contributed by atoms with Crippen molar-refractivity contribution in [3.05, 3.63) is 54.1 Å². The number of piperidine rings is 1. The molecule has 2 aromatic carbocycles. The first-order valence-corrected chi connectivity index (χ1v) is 11.4. The van der Waals surface area contributed by atoms with Crippen LogP contribution in [0.25, 0.3) is 0 Å². The number of benzene rings is 2. The SMILES string of the molecule is CCN(CC)C(=O)N1CCC(C(=O)Nc2ccc(N3CCc4ccccc43)cc2)CC1. The highest BCUT2D eigenvalue weighted by atomic mass is 16.2. The second kappa shape index (κ2) is 9.41. The van der Waals surface area contributed by atoms with E-state index in [4.69, 9.17) is 0 Å². The van der Waals surface area contributed by atoms with Crippen molar-refractivity contribution in [3.8, 4) is 0 Å². The van der Waals surface area contributed by atoms with Gasteiger partial charge in [-0.2, -0.15) is 0 Å². The molecule has 1 fully saturated rings. The largest absolute Gasteiger partial charge is 0.341 e. The van der Waals surface area contributed by atoms with Gasteiger partial charge in [-0.25, -0.2) is 4.79 Å². The number of nitrogens with zero attached hydrogens (tertiary/aromatic N) is 3. The normalized spacial score (nSPS) is 16.2. The van der Waals surface area contributed by atoms with Gasteiger partial charge in [0, 0.05) is 55.7 Å². The molecule has 31 heavy (non-hydrogen) atoms. The molecule has 1 saturated heterocycles. The van der Waals surface area contributed by atoms with E-state index in [9.17, 15) is 9.59 Å². The number of hydrogen-bond acceptors (Lipinski definition) is 3. The zero-order chi connectivity index (χ0) is 21.8. The number of carbonyl (C=O) groups excluding carboxylic acids is 2. The number of para-hydroxylation sites is 1. The van der Waals surface area contributed by atoms with Gasteiger partial charge < -0.3 is 20.0 Å². The molecular formula is C25H32N4O2. The van der Waals surface area contributed by atoms with Gasteiger partial charge in [-0.15, -0.1) is 0 Å². The van der Waals surface area contributed by atoms with Crippen LogP contribution in [0.15, 0.2) is 48.5 Å². The molecule has 0 spiro atoms. The summed E-state index contributed by atoms with van der Waals surface area (Å²) in [5.41, 5.74) is 4.62. The lowest BCUT2D eigenvalue weighted by molar-refractivity contribution is -0.121. The highest BCUT2D eigenvalue weighted by molar-refractivity contribution is 5.93. The number of amides is 3. The van der Waals surface area contributed by atoms with Gasteiger partial charge in [0.05, 0.1) is 0 Å². The number of urea groups is 1. The first-order chi connectivity index (χ1) is 15.1. The zero-order valence-corrected chi connectivity index (χ0v) is 18.5. The summed E-state index contributed by atoms with van der Waals surface area (Å²) in [6.07, 6.45) is 2.48. The van der Waals surface area contributed by atoms with E-state index in [0.29, 0.717) is 25.9 Å². The van der Waals surface area contributed by atoms with Crippen molar-refractivity contribution < 1.29 is 9.59 Å². The molecule has 0 aromatic heterocycles. The number of carbonyl (C=O) groups is 2. The van der Waals surface area contributed by atoms with Crippen LogP contribution in [0, 0.1) is 5.92 Å². The van der Waals surface area contributed by atoms with Crippen molar-refractivity contribution in [2.45, 2.75) is 33.1 Å². The third kappa shape index (κ3) is 4.53. The van der Waals surface area contributed by atoms with Crippen molar-refractivity contribution in [1.82, 2.24) is 9.80 Å². The predicted molar refractivity (Wildman–Crippen MR) is 125 cm³/mol. The summed E-state index contributed by atoms with van der Waals surface area (Å²) in [7, 11) is 0. The molecule has 2 aromatic rings. The smallest absolute Gasteiger partial charge is 0.319 e. The average Bonchev–Trinajstić information content (AvgIpc) is 3.24. The summed E-state index contributed by atoms with van der Waals surface area (Å²) in [6.45, 7) is 7.69. The van der Waals surface area contributed by atoms with Gasteiger partial charge in [0.15, 0.2) is 0 Å². The molecule has 0 radical (unpaired) electrons. The van der Waals surface area contributed by atoms with Crippen LogP contribution in [0.5, 0.6) is 0 Å². The molecule has 4 rings (SSSR count). The van der Waals surface area contributed by atoms with Crippen LogP contribution in [-0.2, 0) is 11.2 Å². The summed E-state index contributed by atoms with van der Waals surface area (Å²) in [5.74, 6) is 0.0000879. The molecule has 2 heterocycles. The maximum absolute atomic E-state index is 12.8. The van der Waals surface area contributed by atoms with Crippen molar-refractivity contribution in [3.63, 3.8) is 0 Å². The number of nitrogens with one attached hydrogen (secondary N) is 1. The molecule has 6 heteroatoms. The van der Waals surface area contributed by atoms with Crippen LogP contribution >= 0.6 is 0 Å². The molecule has 0 atom stereocenters. The fourth-order valence-corrected chi connectivity index (χ4v) is 4.60. The minimum atomic E-state index is -0.0501. The Labute approximate surface area is 184 Å². The Kier molecular flexibility index (Phi) is 6.44. The second-order valence-electron chi connectivity index (χ2n) is 8.28. The maximum Gasteiger partial charge on any atom is 0.319 e. The van der Waals surface area contributed by atoms with E-state index in [2.05, 4.69) is 46.6 Å². The van der Waals surface area contributed by atoms with Crippen LogP contribution in [0.3, 0.4) is 0 Å². The van der Waals surface area contributed by atoms with Gasteiger partial charge in [-0.3, -0.25) is 4.79 Å². The van der Waals surface area contributed by atoms with Crippen LogP contribution < -0.4 is 10.2 Å². The summed E-state index contributed by atoms with van der Waals surface area (Å²) in [6, 6.07) is 16.7.